The number of amides is 2. The van der Waals surface area contributed by atoms with Gasteiger partial charge < -0.3 is 15.0 Å². The molecule has 2 aromatic rings. The standard InChI is InChI=1S/C20H26N4O3/c1-5-13-8-6-7-9-15(13)21-18(25)17-14-10-11-24(12-16(14)22-23-17)19(26)27-20(2,3)4/h6-9H,5,10-12H2,1-4H3,(H,21,25)(H,22,23). The van der Waals surface area contributed by atoms with Gasteiger partial charge in [-0.2, -0.15) is 5.10 Å². The highest BCUT2D eigenvalue weighted by molar-refractivity contribution is 6.04. The summed E-state index contributed by atoms with van der Waals surface area (Å²) in [6.07, 6.45) is 1.04. The molecule has 7 nitrogen and oxygen atoms in total. The van der Waals surface area contributed by atoms with Crippen molar-refractivity contribution in [2.75, 3.05) is 11.9 Å². The summed E-state index contributed by atoms with van der Waals surface area (Å²) in [5, 5.41) is 10.1. The molecule has 0 fully saturated rings. The van der Waals surface area contributed by atoms with Gasteiger partial charge in [0.1, 0.15) is 5.60 Å². The zero-order valence-electron chi connectivity index (χ0n) is 16.3. The van der Waals surface area contributed by atoms with Crippen molar-refractivity contribution in [2.24, 2.45) is 0 Å². The highest BCUT2D eigenvalue weighted by Gasteiger charge is 2.30. The summed E-state index contributed by atoms with van der Waals surface area (Å²) in [6.45, 7) is 8.42. The van der Waals surface area contributed by atoms with E-state index in [-0.39, 0.29) is 12.0 Å². The zero-order chi connectivity index (χ0) is 19.6. The van der Waals surface area contributed by atoms with E-state index >= 15 is 0 Å². The molecule has 0 saturated carbocycles. The molecular formula is C20H26N4O3. The van der Waals surface area contributed by atoms with Gasteiger partial charge in [0.25, 0.3) is 5.91 Å². The second kappa shape index (κ2) is 7.42. The van der Waals surface area contributed by atoms with Crippen molar-refractivity contribution >= 4 is 17.7 Å². The van der Waals surface area contributed by atoms with E-state index in [0.717, 1.165) is 28.9 Å². The summed E-state index contributed by atoms with van der Waals surface area (Å²) in [4.78, 5) is 26.6. The van der Waals surface area contributed by atoms with Crippen LogP contribution in [0.1, 0.15) is 55.0 Å². The van der Waals surface area contributed by atoms with E-state index in [4.69, 9.17) is 4.74 Å². The molecule has 0 atom stereocenters. The minimum atomic E-state index is -0.539. The average molecular weight is 370 g/mol. The van der Waals surface area contributed by atoms with Gasteiger partial charge >= 0.3 is 6.09 Å². The molecule has 0 unspecified atom stereocenters. The number of carbonyl (C=O) groups is 2. The molecule has 1 aromatic heterocycles. The lowest BCUT2D eigenvalue weighted by atomic mass is 10.0. The number of aromatic nitrogens is 2. The molecule has 1 aromatic carbocycles. The van der Waals surface area contributed by atoms with E-state index in [9.17, 15) is 9.59 Å². The molecule has 0 radical (unpaired) electrons. The number of H-pyrrole nitrogens is 1. The monoisotopic (exact) mass is 370 g/mol. The molecule has 7 heteroatoms. The van der Waals surface area contributed by atoms with Crippen molar-refractivity contribution in [1.82, 2.24) is 15.1 Å². The number of hydrogen-bond acceptors (Lipinski definition) is 4. The second-order valence-electron chi connectivity index (χ2n) is 7.65. The maximum absolute atomic E-state index is 12.7. The summed E-state index contributed by atoms with van der Waals surface area (Å²) in [5.74, 6) is -0.237. The number of rotatable bonds is 3. The normalized spacial score (nSPS) is 13.9. The summed E-state index contributed by atoms with van der Waals surface area (Å²) < 4.78 is 5.42. The van der Waals surface area contributed by atoms with Crippen LogP contribution in [0.4, 0.5) is 10.5 Å². The predicted octanol–water partition coefficient (Wildman–Crippen LogP) is 3.52. The molecule has 2 amide bonds. The number of para-hydroxylation sites is 1. The SMILES string of the molecule is CCc1ccccc1NC(=O)c1n[nH]c2c1CCN(C(=O)OC(C)(C)C)C2. The van der Waals surface area contributed by atoms with Gasteiger partial charge in [-0.05, 0) is 45.2 Å². The molecule has 0 saturated heterocycles. The van der Waals surface area contributed by atoms with Gasteiger partial charge in [-0.1, -0.05) is 25.1 Å². The van der Waals surface area contributed by atoms with Crippen LogP contribution in [0.5, 0.6) is 0 Å². The lowest BCUT2D eigenvalue weighted by Gasteiger charge is -2.29. The number of carbonyl (C=O) groups excluding carboxylic acids is 2. The van der Waals surface area contributed by atoms with Gasteiger partial charge in [-0.3, -0.25) is 9.89 Å². The Morgan fingerprint density at radius 3 is 2.74 bits per heavy atom. The smallest absolute Gasteiger partial charge is 0.410 e. The molecule has 0 spiro atoms. The Morgan fingerprint density at radius 1 is 1.30 bits per heavy atom. The molecule has 2 N–H and O–H groups in total. The number of anilines is 1. The van der Waals surface area contributed by atoms with Gasteiger partial charge in [-0.25, -0.2) is 4.79 Å². The summed E-state index contributed by atoms with van der Waals surface area (Å²) in [7, 11) is 0. The summed E-state index contributed by atoms with van der Waals surface area (Å²) in [6, 6.07) is 7.73. The fourth-order valence-electron chi connectivity index (χ4n) is 3.12. The summed E-state index contributed by atoms with van der Waals surface area (Å²) in [5.41, 5.74) is 3.37. The van der Waals surface area contributed by atoms with Gasteiger partial charge in [0.15, 0.2) is 5.69 Å². The van der Waals surface area contributed by atoms with Gasteiger partial charge in [0.05, 0.1) is 12.2 Å². The lowest BCUT2D eigenvalue weighted by Crippen LogP contribution is -2.40. The van der Waals surface area contributed by atoms with Gasteiger partial charge in [0, 0.05) is 17.8 Å². The Hall–Kier alpha value is -2.83. The van der Waals surface area contributed by atoms with E-state index < -0.39 is 5.60 Å². The van der Waals surface area contributed by atoms with Crippen molar-refractivity contribution in [3.63, 3.8) is 0 Å². The van der Waals surface area contributed by atoms with E-state index in [0.29, 0.717) is 25.2 Å². The van der Waals surface area contributed by atoms with Crippen LogP contribution in [0.2, 0.25) is 0 Å². The van der Waals surface area contributed by atoms with Crippen LogP contribution in [-0.2, 0) is 24.1 Å². The Kier molecular flexibility index (Phi) is 5.21. The molecule has 2 heterocycles. The van der Waals surface area contributed by atoms with Gasteiger partial charge in [0.2, 0.25) is 0 Å². The number of nitrogens with zero attached hydrogens (tertiary/aromatic N) is 2. The number of benzene rings is 1. The van der Waals surface area contributed by atoms with Gasteiger partial charge in [-0.15, -0.1) is 0 Å². The Morgan fingerprint density at radius 2 is 2.04 bits per heavy atom. The topological polar surface area (TPSA) is 87.3 Å². The minimum Gasteiger partial charge on any atom is -0.444 e. The molecule has 144 valence electrons. The van der Waals surface area contributed by atoms with Crippen LogP contribution in [0, 0.1) is 0 Å². The van der Waals surface area contributed by atoms with Crippen LogP contribution >= 0.6 is 0 Å². The van der Waals surface area contributed by atoms with Crippen molar-refractivity contribution in [3.8, 4) is 0 Å². The molecule has 3 rings (SSSR count). The first kappa shape index (κ1) is 18.9. The highest BCUT2D eigenvalue weighted by Crippen LogP contribution is 2.23. The Bertz CT molecular complexity index is 851. The van der Waals surface area contributed by atoms with E-state index in [1.165, 1.54) is 0 Å². The average Bonchev–Trinajstić information content (AvgIpc) is 3.04. The van der Waals surface area contributed by atoms with Crippen LogP contribution in [0.25, 0.3) is 0 Å². The van der Waals surface area contributed by atoms with Crippen molar-refractivity contribution in [2.45, 2.75) is 52.7 Å². The van der Waals surface area contributed by atoms with Crippen molar-refractivity contribution in [3.05, 3.63) is 46.8 Å². The van der Waals surface area contributed by atoms with E-state index in [2.05, 4.69) is 15.5 Å². The molecule has 0 aliphatic carbocycles. The largest absolute Gasteiger partial charge is 0.444 e. The van der Waals surface area contributed by atoms with Crippen LogP contribution in [-0.4, -0.2) is 39.2 Å². The second-order valence-corrected chi connectivity index (χ2v) is 7.65. The number of nitrogens with one attached hydrogen (secondary N) is 2. The maximum Gasteiger partial charge on any atom is 0.410 e. The fourth-order valence-corrected chi connectivity index (χ4v) is 3.12. The Balaban J connectivity index is 1.73. The third-order valence-electron chi connectivity index (χ3n) is 4.45. The summed E-state index contributed by atoms with van der Waals surface area (Å²) >= 11 is 0. The van der Waals surface area contributed by atoms with Crippen LogP contribution < -0.4 is 5.32 Å². The quantitative estimate of drug-likeness (QED) is 0.865. The zero-order valence-corrected chi connectivity index (χ0v) is 16.3. The highest BCUT2D eigenvalue weighted by atomic mass is 16.6. The number of hydrogen-bond donors (Lipinski definition) is 2. The number of aryl methyl sites for hydroxylation is 1. The van der Waals surface area contributed by atoms with Crippen LogP contribution in [0.3, 0.4) is 0 Å². The first-order valence-corrected chi connectivity index (χ1v) is 9.21. The molecular weight excluding hydrogens is 344 g/mol. The molecule has 1 aliphatic rings. The molecule has 0 bridgehead atoms. The minimum absolute atomic E-state index is 0.237. The first-order valence-electron chi connectivity index (χ1n) is 9.21. The Labute approximate surface area is 159 Å². The van der Waals surface area contributed by atoms with E-state index in [1.54, 1.807) is 4.90 Å². The van der Waals surface area contributed by atoms with Crippen molar-refractivity contribution in [1.29, 1.82) is 0 Å². The first-order chi connectivity index (χ1) is 12.8. The van der Waals surface area contributed by atoms with Crippen molar-refractivity contribution < 1.29 is 14.3 Å². The van der Waals surface area contributed by atoms with E-state index in [1.807, 2.05) is 52.0 Å². The number of aromatic amines is 1. The van der Waals surface area contributed by atoms with Crippen LogP contribution in [0.15, 0.2) is 24.3 Å². The third kappa shape index (κ3) is 4.30. The third-order valence-corrected chi connectivity index (χ3v) is 4.45. The maximum atomic E-state index is 12.7. The number of fused-ring (bicyclic) bond motifs is 1. The molecule has 1 aliphatic heterocycles. The number of ether oxygens (including phenoxy) is 1. The fraction of sp³-hybridized carbons (Fsp3) is 0.450. The predicted molar refractivity (Wildman–Crippen MR) is 103 cm³/mol. The lowest BCUT2D eigenvalue weighted by molar-refractivity contribution is 0.0221. The molecule has 27 heavy (non-hydrogen) atoms.